The first-order chi connectivity index (χ1) is 19.4. The molecule has 3 aromatic rings. The standard InChI is InChI=1S/C29H35ClFN5O4/c1-19-15-36(17-28(37)40-19)16-20-6-9-35(10-7-20)8-3-11-39-27-14-25-22(13-26(27)38-2)29(33-18-32-25)34-21-4-5-24(31)23(30)12-21/h4-5,12-14,18-20H,3,6-11,15-17H2,1-2H3,(H,32,33,34). The van der Waals surface area contributed by atoms with Crippen LogP contribution >= 0.6 is 11.6 Å². The Hall–Kier alpha value is -3.21. The van der Waals surface area contributed by atoms with Gasteiger partial charge in [-0.05, 0) is 69.5 Å². The molecule has 3 heterocycles. The summed E-state index contributed by atoms with van der Waals surface area (Å²) in [5.74, 6) is 1.78. The van der Waals surface area contributed by atoms with Gasteiger partial charge < -0.3 is 24.4 Å². The molecule has 1 unspecified atom stereocenters. The third-order valence-corrected chi connectivity index (χ3v) is 7.69. The van der Waals surface area contributed by atoms with Gasteiger partial charge in [0.1, 0.15) is 24.1 Å². The van der Waals surface area contributed by atoms with Crippen LogP contribution in [-0.4, -0.2) is 84.8 Å². The molecule has 40 heavy (non-hydrogen) atoms. The quantitative estimate of drug-likeness (QED) is 0.269. The third kappa shape index (κ3) is 7.10. The number of piperidine rings is 1. The SMILES string of the molecule is COc1cc2c(Nc3ccc(F)c(Cl)c3)ncnc2cc1OCCCN1CCC(CN2CC(=O)OC(C)C2)CC1. The number of hydrogen-bond donors (Lipinski definition) is 1. The van der Waals surface area contributed by atoms with Crippen LogP contribution in [-0.2, 0) is 9.53 Å². The Morgan fingerprint density at radius 3 is 2.73 bits per heavy atom. The molecule has 1 aromatic heterocycles. The number of benzene rings is 2. The number of morpholine rings is 1. The third-order valence-electron chi connectivity index (χ3n) is 7.40. The lowest BCUT2D eigenvalue weighted by Gasteiger charge is -2.37. The number of esters is 1. The van der Waals surface area contributed by atoms with Crippen molar-refractivity contribution >= 4 is 40.0 Å². The van der Waals surface area contributed by atoms with Crippen LogP contribution in [0, 0.1) is 11.7 Å². The summed E-state index contributed by atoms with van der Waals surface area (Å²) in [7, 11) is 1.60. The molecule has 11 heteroatoms. The topological polar surface area (TPSA) is 89.0 Å². The summed E-state index contributed by atoms with van der Waals surface area (Å²) in [4.78, 5) is 25.2. The molecule has 214 valence electrons. The molecular formula is C29H35ClFN5O4. The predicted octanol–water partition coefficient (Wildman–Crippen LogP) is 4.90. The number of ether oxygens (including phenoxy) is 3. The van der Waals surface area contributed by atoms with E-state index in [-0.39, 0.29) is 17.1 Å². The fourth-order valence-corrected chi connectivity index (χ4v) is 5.60. The number of nitrogens with zero attached hydrogens (tertiary/aromatic N) is 4. The Balaban J connectivity index is 1.12. The monoisotopic (exact) mass is 571 g/mol. The van der Waals surface area contributed by atoms with E-state index < -0.39 is 5.82 Å². The summed E-state index contributed by atoms with van der Waals surface area (Å²) in [6.45, 7) is 7.80. The lowest BCUT2D eigenvalue weighted by atomic mass is 9.95. The molecular weight excluding hydrogens is 537 g/mol. The molecule has 2 aliphatic heterocycles. The van der Waals surface area contributed by atoms with E-state index in [0.717, 1.165) is 57.4 Å². The van der Waals surface area contributed by atoms with Crippen molar-refractivity contribution in [3.05, 3.63) is 47.5 Å². The number of likely N-dealkylation sites (tertiary alicyclic amines) is 1. The van der Waals surface area contributed by atoms with Crippen molar-refractivity contribution < 1.29 is 23.4 Å². The molecule has 1 atom stereocenters. The van der Waals surface area contributed by atoms with E-state index in [0.29, 0.717) is 47.6 Å². The fourth-order valence-electron chi connectivity index (χ4n) is 5.42. The highest BCUT2D eigenvalue weighted by Gasteiger charge is 2.27. The van der Waals surface area contributed by atoms with Gasteiger partial charge in [-0.1, -0.05) is 11.6 Å². The number of rotatable bonds is 10. The largest absolute Gasteiger partial charge is 0.493 e. The molecule has 0 amide bonds. The van der Waals surface area contributed by atoms with Crippen molar-refractivity contribution in [2.24, 2.45) is 5.92 Å². The van der Waals surface area contributed by atoms with E-state index in [4.69, 9.17) is 25.8 Å². The summed E-state index contributed by atoms with van der Waals surface area (Å²) >= 11 is 5.92. The maximum Gasteiger partial charge on any atom is 0.320 e. The van der Waals surface area contributed by atoms with Gasteiger partial charge in [0, 0.05) is 36.8 Å². The van der Waals surface area contributed by atoms with Gasteiger partial charge in [0.25, 0.3) is 0 Å². The summed E-state index contributed by atoms with van der Waals surface area (Å²) in [5.41, 5.74) is 1.31. The average Bonchev–Trinajstić information content (AvgIpc) is 2.93. The number of methoxy groups -OCH3 is 1. The van der Waals surface area contributed by atoms with Crippen LogP contribution in [0.1, 0.15) is 26.2 Å². The highest BCUT2D eigenvalue weighted by atomic mass is 35.5. The molecule has 9 nitrogen and oxygen atoms in total. The minimum absolute atomic E-state index is 0.0187. The van der Waals surface area contributed by atoms with Crippen molar-refractivity contribution in [1.29, 1.82) is 0 Å². The Morgan fingerprint density at radius 2 is 1.98 bits per heavy atom. The normalized spacial score (nSPS) is 19.0. The van der Waals surface area contributed by atoms with Crippen LogP contribution < -0.4 is 14.8 Å². The van der Waals surface area contributed by atoms with Gasteiger partial charge in [0.15, 0.2) is 11.5 Å². The molecule has 0 bridgehead atoms. The van der Waals surface area contributed by atoms with Gasteiger partial charge in [-0.2, -0.15) is 0 Å². The molecule has 2 aliphatic rings. The lowest BCUT2D eigenvalue weighted by molar-refractivity contribution is -0.157. The molecule has 0 radical (unpaired) electrons. The second-order valence-corrected chi connectivity index (χ2v) is 10.9. The van der Waals surface area contributed by atoms with E-state index in [1.807, 2.05) is 19.1 Å². The predicted molar refractivity (Wildman–Crippen MR) is 152 cm³/mol. The van der Waals surface area contributed by atoms with Crippen molar-refractivity contribution in [3.8, 4) is 11.5 Å². The average molecular weight is 572 g/mol. The summed E-state index contributed by atoms with van der Waals surface area (Å²) < 4.78 is 30.5. The second-order valence-electron chi connectivity index (χ2n) is 10.5. The van der Waals surface area contributed by atoms with E-state index in [9.17, 15) is 9.18 Å². The maximum atomic E-state index is 13.6. The van der Waals surface area contributed by atoms with Gasteiger partial charge in [-0.3, -0.25) is 9.69 Å². The van der Waals surface area contributed by atoms with Crippen LogP contribution in [0.2, 0.25) is 5.02 Å². The highest BCUT2D eigenvalue weighted by Crippen LogP contribution is 2.35. The van der Waals surface area contributed by atoms with Crippen LogP contribution in [0.4, 0.5) is 15.9 Å². The minimum atomic E-state index is -0.482. The Kier molecular flexibility index (Phi) is 9.18. The summed E-state index contributed by atoms with van der Waals surface area (Å²) in [6, 6.07) is 8.10. The van der Waals surface area contributed by atoms with E-state index in [1.165, 1.54) is 18.5 Å². The lowest BCUT2D eigenvalue weighted by Crippen LogP contribution is -2.47. The van der Waals surface area contributed by atoms with Crippen molar-refractivity contribution in [3.63, 3.8) is 0 Å². The van der Waals surface area contributed by atoms with Gasteiger partial charge >= 0.3 is 5.97 Å². The molecule has 0 saturated carbocycles. The number of cyclic esters (lactones) is 1. The first-order valence-corrected chi connectivity index (χ1v) is 14.1. The zero-order valence-electron chi connectivity index (χ0n) is 22.9. The van der Waals surface area contributed by atoms with Gasteiger partial charge in [-0.15, -0.1) is 0 Å². The number of nitrogens with one attached hydrogen (secondary N) is 1. The fraction of sp³-hybridized carbons (Fsp3) is 0.483. The highest BCUT2D eigenvalue weighted by molar-refractivity contribution is 6.31. The number of carbonyl (C=O) groups excluding carboxylic acids is 1. The van der Waals surface area contributed by atoms with Crippen molar-refractivity contribution in [1.82, 2.24) is 19.8 Å². The zero-order valence-corrected chi connectivity index (χ0v) is 23.6. The van der Waals surface area contributed by atoms with E-state index in [1.54, 1.807) is 13.2 Å². The summed E-state index contributed by atoms with van der Waals surface area (Å²) in [6.07, 6.45) is 4.62. The summed E-state index contributed by atoms with van der Waals surface area (Å²) in [5, 5.41) is 3.95. The Morgan fingerprint density at radius 1 is 1.15 bits per heavy atom. The van der Waals surface area contributed by atoms with Crippen LogP contribution in [0.25, 0.3) is 10.9 Å². The van der Waals surface area contributed by atoms with E-state index >= 15 is 0 Å². The minimum Gasteiger partial charge on any atom is -0.493 e. The number of aromatic nitrogens is 2. The number of halogens is 2. The number of hydrogen-bond acceptors (Lipinski definition) is 9. The Bertz CT molecular complexity index is 1340. The Labute approximate surface area is 238 Å². The van der Waals surface area contributed by atoms with Crippen LogP contribution in [0.5, 0.6) is 11.5 Å². The van der Waals surface area contributed by atoms with Crippen LogP contribution in [0.15, 0.2) is 36.7 Å². The molecule has 2 saturated heterocycles. The number of carbonyl (C=O) groups is 1. The molecule has 2 fully saturated rings. The molecule has 0 aliphatic carbocycles. The first kappa shape index (κ1) is 28.3. The van der Waals surface area contributed by atoms with Crippen molar-refractivity contribution in [2.45, 2.75) is 32.3 Å². The van der Waals surface area contributed by atoms with Crippen LogP contribution in [0.3, 0.4) is 0 Å². The first-order valence-electron chi connectivity index (χ1n) is 13.7. The molecule has 2 aromatic carbocycles. The molecule has 1 N–H and O–H groups in total. The van der Waals surface area contributed by atoms with Gasteiger partial charge in [0.2, 0.25) is 0 Å². The molecule has 5 rings (SSSR count). The van der Waals surface area contributed by atoms with Crippen molar-refractivity contribution in [2.75, 3.05) is 58.3 Å². The smallest absolute Gasteiger partial charge is 0.320 e. The number of anilines is 2. The second kappa shape index (κ2) is 13.0. The van der Waals surface area contributed by atoms with E-state index in [2.05, 4.69) is 25.1 Å². The van der Waals surface area contributed by atoms with Gasteiger partial charge in [-0.25, -0.2) is 14.4 Å². The van der Waals surface area contributed by atoms with Gasteiger partial charge in [0.05, 0.1) is 30.8 Å². The zero-order chi connectivity index (χ0) is 28.1. The number of fused-ring (bicyclic) bond motifs is 1. The molecule has 0 spiro atoms. The maximum absolute atomic E-state index is 13.6.